The normalized spacial score (nSPS) is 26.4. The molecule has 1 amide bonds. The van der Waals surface area contributed by atoms with Crippen LogP contribution in [0.4, 0.5) is 0 Å². The summed E-state index contributed by atoms with van der Waals surface area (Å²) in [6, 6.07) is 3.70. The first kappa shape index (κ1) is 12.1. The number of carbonyl (C=O) groups is 1. The van der Waals surface area contributed by atoms with Gasteiger partial charge in [0.25, 0.3) is 5.91 Å². The fraction of sp³-hybridized carbons (Fsp3) is 0.500. The number of carbonyl (C=O) groups excluding carboxylic acids is 1. The van der Waals surface area contributed by atoms with Crippen LogP contribution in [0.25, 0.3) is 0 Å². The van der Waals surface area contributed by atoms with Crippen molar-refractivity contribution < 1.29 is 9.53 Å². The first-order chi connectivity index (χ1) is 8.66. The quantitative estimate of drug-likeness (QED) is 0.806. The summed E-state index contributed by atoms with van der Waals surface area (Å²) in [6.45, 7) is 1.24. The van der Waals surface area contributed by atoms with E-state index in [1.165, 1.54) is 0 Å². The molecule has 18 heavy (non-hydrogen) atoms. The molecule has 2 unspecified atom stereocenters. The van der Waals surface area contributed by atoms with E-state index in [2.05, 4.69) is 4.98 Å². The molecule has 96 valence electrons. The first-order valence-corrected chi connectivity index (χ1v) is 6.74. The van der Waals surface area contributed by atoms with Crippen LogP contribution in [0.5, 0.6) is 0 Å². The molecule has 0 spiro atoms. The Kier molecular flexibility index (Phi) is 3.13. The van der Waals surface area contributed by atoms with Crippen molar-refractivity contribution in [3.63, 3.8) is 0 Å². The number of H-pyrrole nitrogens is 1. The lowest BCUT2D eigenvalue weighted by Gasteiger charge is -2.34. The number of hydrogen-bond donors (Lipinski definition) is 1. The van der Waals surface area contributed by atoms with Crippen molar-refractivity contribution in [3.05, 3.63) is 27.5 Å². The molecule has 0 radical (unpaired) electrons. The van der Waals surface area contributed by atoms with Crippen molar-refractivity contribution in [1.82, 2.24) is 9.88 Å². The van der Waals surface area contributed by atoms with Gasteiger partial charge in [-0.1, -0.05) is 23.8 Å². The van der Waals surface area contributed by atoms with E-state index < -0.39 is 0 Å². The summed E-state index contributed by atoms with van der Waals surface area (Å²) in [5.41, 5.74) is 0.392. The van der Waals surface area contributed by atoms with Gasteiger partial charge in [-0.2, -0.15) is 0 Å². The van der Waals surface area contributed by atoms with Gasteiger partial charge >= 0.3 is 0 Å². The Labute approximate surface area is 115 Å². The van der Waals surface area contributed by atoms with Crippen LogP contribution < -0.4 is 0 Å². The van der Waals surface area contributed by atoms with Crippen LogP contribution in [0.1, 0.15) is 23.3 Å². The summed E-state index contributed by atoms with van der Waals surface area (Å²) < 4.78 is 5.99. The Morgan fingerprint density at radius 1 is 1.39 bits per heavy atom. The maximum Gasteiger partial charge on any atom is 0.272 e. The van der Waals surface area contributed by atoms with Crippen molar-refractivity contribution in [1.29, 1.82) is 0 Å². The number of pyridine rings is 1. The van der Waals surface area contributed by atoms with E-state index in [1.54, 1.807) is 12.1 Å². The van der Waals surface area contributed by atoms with Crippen LogP contribution in [-0.2, 0) is 4.74 Å². The van der Waals surface area contributed by atoms with Crippen LogP contribution in [0.15, 0.2) is 12.1 Å². The van der Waals surface area contributed by atoms with E-state index >= 15 is 0 Å². The van der Waals surface area contributed by atoms with Gasteiger partial charge in [0.2, 0.25) is 0 Å². The van der Waals surface area contributed by atoms with Gasteiger partial charge in [0.1, 0.15) is 10.3 Å². The zero-order valence-electron chi connectivity index (χ0n) is 9.69. The molecule has 0 aliphatic carbocycles. The third-order valence-electron chi connectivity index (χ3n) is 3.56. The predicted molar refractivity (Wildman–Crippen MR) is 70.4 cm³/mol. The Morgan fingerprint density at radius 3 is 2.72 bits per heavy atom. The second-order valence-corrected chi connectivity index (χ2v) is 5.53. The molecule has 2 atom stereocenters. The summed E-state index contributed by atoms with van der Waals surface area (Å²) >= 11 is 11.1. The molecule has 3 rings (SSSR count). The monoisotopic (exact) mass is 284 g/mol. The first-order valence-electron chi connectivity index (χ1n) is 5.96. The highest BCUT2D eigenvalue weighted by Gasteiger charge is 2.41. The Hall–Kier alpha value is -0.910. The number of halogens is 1. The number of aromatic amines is 1. The summed E-state index contributed by atoms with van der Waals surface area (Å²) in [6.07, 6.45) is 2.00. The lowest BCUT2D eigenvalue weighted by atomic mass is 10.2. The van der Waals surface area contributed by atoms with Gasteiger partial charge in [0.15, 0.2) is 0 Å². The molecule has 1 aromatic heterocycles. The zero-order valence-corrected chi connectivity index (χ0v) is 11.3. The van der Waals surface area contributed by atoms with Gasteiger partial charge in [0.05, 0.1) is 30.3 Å². The topological polar surface area (TPSA) is 45.3 Å². The highest BCUT2D eigenvalue weighted by Crippen LogP contribution is 2.31. The minimum atomic E-state index is -0.0671. The van der Waals surface area contributed by atoms with Crippen LogP contribution in [0.2, 0.25) is 5.02 Å². The molecule has 2 bridgehead atoms. The minimum Gasteiger partial charge on any atom is -0.377 e. The third-order valence-corrected chi connectivity index (χ3v) is 4.11. The smallest absolute Gasteiger partial charge is 0.272 e. The highest BCUT2D eigenvalue weighted by molar-refractivity contribution is 7.71. The van der Waals surface area contributed by atoms with E-state index in [-0.39, 0.29) is 18.0 Å². The van der Waals surface area contributed by atoms with Crippen molar-refractivity contribution >= 4 is 29.7 Å². The summed E-state index contributed by atoms with van der Waals surface area (Å²) in [5.74, 6) is -0.0671. The predicted octanol–water partition coefficient (Wildman–Crippen LogP) is 2.40. The molecule has 2 aliphatic heterocycles. The standard InChI is InChI=1S/C12H13ClN2O2S/c13-9-3-4-10(18)14-11(9)12(16)15-7-1-2-8(15)6-17-5-7/h3-4,7-8H,1-2,5-6H2,(H,14,18). The molecule has 2 saturated heterocycles. The molecule has 4 nitrogen and oxygen atoms in total. The number of morpholine rings is 1. The number of nitrogens with zero attached hydrogens (tertiary/aromatic N) is 1. The Balaban J connectivity index is 1.95. The van der Waals surface area contributed by atoms with Crippen LogP contribution >= 0.6 is 23.8 Å². The van der Waals surface area contributed by atoms with E-state index in [1.807, 2.05) is 4.90 Å². The third kappa shape index (κ3) is 1.96. The second kappa shape index (κ2) is 4.64. The lowest BCUT2D eigenvalue weighted by molar-refractivity contribution is -0.00745. The summed E-state index contributed by atoms with van der Waals surface area (Å²) in [4.78, 5) is 17.3. The molecular formula is C12H13ClN2O2S. The number of fused-ring (bicyclic) bond motifs is 2. The van der Waals surface area contributed by atoms with Gasteiger partial charge in [0, 0.05) is 0 Å². The lowest BCUT2D eigenvalue weighted by Crippen LogP contribution is -2.49. The number of ether oxygens (including phenoxy) is 1. The SMILES string of the molecule is O=C(c1[nH]c(=S)ccc1Cl)N1C2CCC1COC2. The van der Waals surface area contributed by atoms with Crippen molar-refractivity contribution in [2.24, 2.45) is 0 Å². The molecular weight excluding hydrogens is 272 g/mol. The number of aromatic nitrogens is 1. The largest absolute Gasteiger partial charge is 0.377 e. The molecule has 0 aromatic carbocycles. The maximum absolute atomic E-state index is 12.5. The van der Waals surface area contributed by atoms with E-state index in [0.29, 0.717) is 28.6 Å². The van der Waals surface area contributed by atoms with Crippen molar-refractivity contribution in [3.8, 4) is 0 Å². The van der Waals surface area contributed by atoms with E-state index in [9.17, 15) is 4.79 Å². The number of amides is 1. The molecule has 0 saturated carbocycles. The Morgan fingerprint density at radius 2 is 2.06 bits per heavy atom. The van der Waals surface area contributed by atoms with E-state index in [4.69, 9.17) is 28.6 Å². The molecule has 3 heterocycles. The zero-order chi connectivity index (χ0) is 12.7. The maximum atomic E-state index is 12.5. The average Bonchev–Trinajstić information content (AvgIpc) is 2.61. The number of hydrogen-bond acceptors (Lipinski definition) is 3. The average molecular weight is 285 g/mol. The molecule has 1 N–H and O–H groups in total. The molecule has 6 heteroatoms. The van der Waals surface area contributed by atoms with Crippen LogP contribution in [0.3, 0.4) is 0 Å². The second-order valence-electron chi connectivity index (χ2n) is 4.68. The fourth-order valence-electron chi connectivity index (χ4n) is 2.70. The fourth-order valence-corrected chi connectivity index (χ4v) is 3.06. The summed E-state index contributed by atoms with van der Waals surface area (Å²) in [7, 11) is 0. The van der Waals surface area contributed by atoms with Crippen molar-refractivity contribution in [2.45, 2.75) is 24.9 Å². The molecule has 2 aliphatic rings. The van der Waals surface area contributed by atoms with Gasteiger partial charge in [-0.3, -0.25) is 4.79 Å². The summed E-state index contributed by atoms with van der Waals surface area (Å²) in [5, 5.41) is 0.416. The van der Waals surface area contributed by atoms with Crippen LogP contribution in [-0.4, -0.2) is 41.1 Å². The minimum absolute atomic E-state index is 0.0671. The highest BCUT2D eigenvalue weighted by atomic mass is 35.5. The number of nitrogens with one attached hydrogen (secondary N) is 1. The molecule has 1 aromatic rings. The van der Waals surface area contributed by atoms with E-state index in [0.717, 1.165) is 12.8 Å². The van der Waals surface area contributed by atoms with Crippen LogP contribution in [0, 0.1) is 4.64 Å². The Bertz CT molecular complexity index is 529. The molecule has 2 fully saturated rings. The van der Waals surface area contributed by atoms with Gasteiger partial charge in [-0.15, -0.1) is 0 Å². The number of rotatable bonds is 1. The van der Waals surface area contributed by atoms with Gasteiger partial charge in [-0.05, 0) is 25.0 Å². The van der Waals surface area contributed by atoms with Crippen molar-refractivity contribution in [2.75, 3.05) is 13.2 Å². The van der Waals surface area contributed by atoms with Gasteiger partial charge < -0.3 is 14.6 Å². The van der Waals surface area contributed by atoms with Gasteiger partial charge in [-0.25, -0.2) is 0 Å².